The molecule has 0 bridgehead atoms. The molecule has 6 rings (SSSR count). The van der Waals surface area contributed by atoms with Crippen LogP contribution in [0.5, 0.6) is 0 Å². The number of nitrogens with zero attached hydrogens (tertiary/aromatic N) is 5. The fraction of sp³-hybridized carbons (Fsp3) is 0.541. The van der Waals surface area contributed by atoms with Gasteiger partial charge in [0.2, 0.25) is 0 Å². The second-order valence-corrected chi connectivity index (χ2v) is 13.5. The average Bonchev–Trinajstić information content (AvgIpc) is 3.71. The molecule has 10 heteroatoms. The van der Waals surface area contributed by atoms with Gasteiger partial charge in [-0.25, -0.2) is 18.2 Å². The van der Waals surface area contributed by atoms with Crippen LogP contribution < -0.4 is 4.90 Å². The molecule has 3 aromatic rings. The number of piperidine rings is 1. The summed E-state index contributed by atoms with van der Waals surface area (Å²) in [5.74, 6) is -0.374. The number of esters is 1. The van der Waals surface area contributed by atoms with Gasteiger partial charge < -0.3 is 19.1 Å². The standard InChI is InChI=1S/C37H44F3N5O2/c1-3-34-42-13-16-44(34)24-37(28-7-5-8-29(38)19-28,30-9-6-10-33(30)47-35(46)4-2)27-11-14-43(15-12-27)21-26-22-45(23-26)36-31(39)17-25(20-41)18-32(36)40/h5,7-8,13,16-19,26-27,30,33H,3-4,6,9-12,14-15,21-24H2,1-2H3/t30-,33-,37-/m0/s1. The Morgan fingerprint density at radius 3 is 2.47 bits per heavy atom. The van der Waals surface area contributed by atoms with Crippen molar-refractivity contribution in [3.63, 3.8) is 0 Å². The van der Waals surface area contributed by atoms with Gasteiger partial charge in [-0.2, -0.15) is 5.26 Å². The predicted octanol–water partition coefficient (Wildman–Crippen LogP) is 6.64. The molecule has 0 N–H and O–H groups in total. The molecule has 3 fully saturated rings. The molecule has 1 aliphatic carbocycles. The fourth-order valence-corrected chi connectivity index (χ4v) is 8.65. The van der Waals surface area contributed by atoms with Crippen LogP contribution in [-0.4, -0.2) is 59.2 Å². The van der Waals surface area contributed by atoms with Gasteiger partial charge in [0.05, 0.1) is 11.6 Å². The van der Waals surface area contributed by atoms with Crippen LogP contribution in [0, 0.1) is 46.5 Å². The number of halogens is 3. The zero-order valence-electron chi connectivity index (χ0n) is 27.3. The van der Waals surface area contributed by atoms with Crippen LogP contribution in [0.25, 0.3) is 0 Å². The number of anilines is 1. The molecule has 3 heterocycles. The van der Waals surface area contributed by atoms with Crippen molar-refractivity contribution in [2.45, 2.75) is 76.9 Å². The molecule has 0 unspecified atom stereocenters. The Morgan fingerprint density at radius 2 is 1.81 bits per heavy atom. The SMILES string of the molecule is CCC(=O)O[C@H]1CCC[C@@H]1[C@](Cn1ccnc1CC)(c1cccc(F)c1)C1CCN(CC2CN(c3c(F)cc(C#N)cc3F)C2)CC1. The molecular weight excluding hydrogens is 603 g/mol. The first kappa shape index (κ1) is 33.1. The Kier molecular flexibility index (Phi) is 9.93. The molecule has 0 amide bonds. The van der Waals surface area contributed by atoms with Gasteiger partial charge in [0.25, 0.3) is 0 Å². The number of aryl methyl sites for hydroxylation is 1. The summed E-state index contributed by atoms with van der Waals surface area (Å²) in [6.45, 7) is 8.20. The lowest BCUT2D eigenvalue weighted by molar-refractivity contribution is -0.152. The van der Waals surface area contributed by atoms with E-state index in [4.69, 9.17) is 10.00 Å². The fourth-order valence-electron chi connectivity index (χ4n) is 8.65. The molecule has 0 radical (unpaired) electrons. The molecule has 2 saturated heterocycles. The van der Waals surface area contributed by atoms with Crippen molar-refractivity contribution in [1.82, 2.24) is 14.5 Å². The van der Waals surface area contributed by atoms with E-state index in [1.165, 1.54) is 6.07 Å². The number of benzene rings is 2. The number of hydrogen-bond donors (Lipinski definition) is 0. The van der Waals surface area contributed by atoms with Gasteiger partial charge in [0.15, 0.2) is 11.6 Å². The molecule has 3 atom stereocenters. The highest BCUT2D eigenvalue weighted by Crippen LogP contribution is 2.52. The normalized spacial score (nSPS) is 22.1. The van der Waals surface area contributed by atoms with Crippen molar-refractivity contribution < 1.29 is 22.7 Å². The maximum absolute atomic E-state index is 15.1. The third-order valence-electron chi connectivity index (χ3n) is 10.8. The minimum absolute atomic E-state index is 0.0237. The number of hydrogen-bond acceptors (Lipinski definition) is 6. The zero-order chi connectivity index (χ0) is 33.1. The molecular formula is C37H44F3N5O2. The van der Waals surface area contributed by atoms with Crippen LogP contribution >= 0.6 is 0 Å². The quantitative estimate of drug-likeness (QED) is 0.217. The Hall–Kier alpha value is -3.84. The van der Waals surface area contributed by atoms with Gasteiger partial charge in [-0.15, -0.1) is 0 Å². The van der Waals surface area contributed by atoms with Crippen LogP contribution in [0.3, 0.4) is 0 Å². The summed E-state index contributed by atoms with van der Waals surface area (Å²) >= 11 is 0. The lowest BCUT2D eigenvalue weighted by Crippen LogP contribution is -2.55. The van der Waals surface area contributed by atoms with Crippen LogP contribution in [0.15, 0.2) is 48.8 Å². The van der Waals surface area contributed by atoms with Crippen molar-refractivity contribution in [1.29, 1.82) is 5.26 Å². The summed E-state index contributed by atoms with van der Waals surface area (Å²) in [4.78, 5) is 21.4. The number of imidazole rings is 1. The zero-order valence-corrected chi connectivity index (χ0v) is 27.3. The number of carbonyl (C=O) groups excluding carboxylic acids is 1. The van der Waals surface area contributed by atoms with Crippen molar-refractivity contribution in [2.75, 3.05) is 37.6 Å². The first-order valence-electron chi connectivity index (χ1n) is 17.1. The molecule has 2 aromatic carbocycles. The lowest BCUT2D eigenvalue weighted by Gasteiger charge is -2.51. The number of rotatable bonds is 11. The highest BCUT2D eigenvalue weighted by molar-refractivity contribution is 5.69. The van der Waals surface area contributed by atoms with E-state index < -0.39 is 17.0 Å². The van der Waals surface area contributed by atoms with Gasteiger partial charge in [-0.05, 0) is 80.9 Å². The van der Waals surface area contributed by atoms with E-state index in [0.717, 1.165) is 81.7 Å². The minimum atomic E-state index is -0.701. The molecule has 250 valence electrons. The molecule has 0 spiro atoms. The van der Waals surface area contributed by atoms with Gasteiger partial charge in [-0.1, -0.05) is 26.0 Å². The summed E-state index contributed by atoms with van der Waals surface area (Å²) < 4.78 is 52.6. The Morgan fingerprint density at radius 1 is 1.06 bits per heavy atom. The van der Waals surface area contributed by atoms with E-state index in [0.29, 0.717) is 26.1 Å². The highest BCUT2D eigenvalue weighted by atomic mass is 19.1. The Balaban J connectivity index is 1.23. The monoisotopic (exact) mass is 647 g/mol. The maximum atomic E-state index is 15.1. The predicted molar refractivity (Wildman–Crippen MR) is 173 cm³/mol. The molecule has 1 saturated carbocycles. The summed E-state index contributed by atoms with van der Waals surface area (Å²) in [6, 6.07) is 11.0. The van der Waals surface area contributed by atoms with Crippen molar-refractivity contribution in [2.24, 2.45) is 17.8 Å². The van der Waals surface area contributed by atoms with Crippen molar-refractivity contribution >= 4 is 11.7 Å². The molecule has 7 nitrogen and oxygen atoms in total. The molecule has 2 aliphatic heterocycles. The highest BCUT2D eigenvalue weighted by Gasteiger charge is 2.53. The minimum Gasteiger partial charge on any atom is -0.462 e. The van der Waals surface area contributed by atoms with Crippen LogP contribution in [0.4, 0.5) is 18.9 Å². The van der Waals surface area contributed by atoms with Gasteiger partial charge in [-0.3, -0.25) is 4.79 Å². The second-order valence-electron chi connectivity index (χ2n) is 13.5. The average molecular weight is 648 g/mol. The number of carbonyl (C=O) groups is 1. The summed E-state index contributed by atoms with van der Waals surface area (Å²) in [7, 11) is 0. The van der Waals surface area contributed by atoms with E-state index in [2.05, 4.69) is 27.4 Å². The lowest BCUT2D eigenvalue weighted by atomic mass is 9.58. The molecule has 3 aliphatic rings. The smallest absolute Gasteiger partial charge is 0.305 e. The largest absolute Gasteiger partial charge is 0.462 e. The van der Waals surface area contributed by atoms with Crippen LogP contribution in [0.2, 0.25) is 0 Å². The molecule has 1 aromatic heterocycles. The van der Waals surface area contributed by atoms with E-state index in [9.17, 15) is 13.6 Å². The summed E-state index contributed by atoms with van der Waals surface area (Å²) in [6.07, 6.45) is 9.15. The van der Waals surface area contributed by atoms with Crippen molar-refractivity contribution in [3.05, 3.63) is 83.2 Å². The third kappa shape index (κ3) is 6.64. The first-order chi connectivity index (χ1) is 22.7. The number of ether oxygens (including phenoxy) is 1. The van der Waals surface area contributed by atoms with E-state index in [-0.39, 0.29) is 46.9 Å². The van der Waals surface area contributed by atoms with E-state index >= 15 is 4.39 Å². The maximum Gasteiger partial charge on any atom is 0.305 e. The number of likely N-dealkylation sites (tertiary alicyclic amines) is 1. The van der Waals surface area contributed by atoms with Crippen LogP contribution in [0.1, 0.15) is 69.3 Å². The topological polar surface area (TPSA) is 74.4 Å². The Bertz CT molecular complexity index is 1580. The van der Waals surface area contributed by atoms with E-state index in [1.54, 1.807) is 23.1 Å². The van der Waals surface area contributed by atoms with Crippen molar-refractivity contribution in [3.8, 4) is 6.07 Å². The molecule has 47 heavy (non-hydrogen) atoms. The third-order valence-corrected chi connectivity index (χ3v) is 10.8. The van der Waals surface area contributed by atoms with Gasteiger partial charge >= 0.3 is 5.97 Å². The summed E-state index contributed by atoms with van der Waals surface area (Å²) in [5.41, 5.74) is 0.396. The number of nitriles is 1. The van der Waals surface area contributed by atoms with Gasteiger partial charge in [0.1, 0.15) is 23.4 Å². The van der Waals surface area contributed by atoms with Gasteiger partial charge in [0, 0.05) is 68.7 Å². The first-order valence-corrected chi connectivity index (χ1v) is 17.1. The summed E-state index contributed by atoms with van der Waals surface area (Å²) in [5, 5.41) is 9.02. The Labute approximate surface area is 275 Å². The van der Waals surface area contributed by atoms with Crippen LogP contribution in [-0.2, 0) is 27.9 Å². The number of aromatic nitrogens is 2. The second kappa shape index (κ2) is 14.1. The van der Waals surface area contributed by atoms with E-state index in [1.807, 2.05) is 19.3 Å².